The summed E-state index contributed by atoms with van der Waals surface area (Å²) < 4.78 is 37.0. The van der Waals surface area contributed by atoms with E-state index in [1.54, 1.807) is 6.92 Å². The molecule has 0 aromatic carbocycles. The molecular weight excluding hydrogens is 195 g/mol. The predicted octanol–water partition coefficient (Wildman–Crippen LogP) is 1.70. The normalized spacial score (nSPS) is 14.1. The van der Waals surface area contributed by atoms with Crippen molar-refractivity contribution in [1.29, 1.82) is 0 Å². The molecule has 1 unspecified atom stereocenters. The molecule has 1 heterocycles. The molecule has 0 aliphatic carbocycles. The van der Waals surface area contributed by atoms with E-state index in [-0.39, 0.29) is 0 Å². The summed E-state index contributed by atoms with van der Waals surface area (Å²) in [4.78, 5) is 3.44. The first-order valence-corrected chi connectivity index (χ1v) is 3.90. The molecule has 0 aliphatic rings. The number of nitrogen functional groups attached to an aromatic ring is 1. The second kappa shape index (κ2) is 3.45. The Bertz CT molecular complexity index is 333. The summed E-state index contributed by atoms with van der Waals surface area (Å²) in [6, 6.07) is 0.427. The van der Waals surface area contributed by atoms with Crippen molar-refractivity contribution in [3.8, 4) is 0 Å². The van der Waals surface area contributed by atoms with E-state index in [1.165, 1.54) is 6.20 Å². The van der Waals surface area contributed by atoms with Crippen LogP contribution in [0.5, 0.6) is 0 Å². The molecule has 0 saturated carbocycles. The Kier molecular flexibility index (Phi) is 2.66. The van der Waals surface area contributed by atoms with Gasteiger partial charge < -0.3 is 11.5 Å². The van der Waals surface area contributed by atoms with Crippen molar-refractivity contribution in [1.82, 2.24) is 4.98 Å². The highest BCUT2D eigenvalue weighted by Crippen LogP contribution is 2.33. The van der Waals surface area contributed by atoms with Gasteiger partial charge in [-0.15, -0.1) is 0 Å². The first-order valence-electron chi connectivity index (χ1n) is 3.90. The zero-order valence-corrected chi connectivity index (χ0v) is 7.47. The monoisotopic (exact) mass is 205 g/mol. The number of nitrogens with zero attached hydrogens (tertiary/aromatic N) is 1. The largest absolute Gasteiger partial charge is 0.419 e. The molecule has 3 nitrogen and oxygen atoms in total. The van der Waals surface area contributed by atoms with Crippen molar-refractivity contribution in [2.24, 2.45) is 5.73 Å². The van der Waals surface area contributed by atoms with E-state index < -0.39 is 23.6 Å². The number of pyridine rings is 1. The molecule has 6 heteroatoms. The van der Waals surface area contributed by atoms with Crippen molar-refractivity contribution in [3.63, 3.8) is 0 Å². The van der Waals surface area contributed by atoms with E-state index in [4.69, 9.17) is 11.5 Å². The predicted molar refractivity (Wildman–Crippen MR) is 46.3 cm³/mol. The highest BCUT2D eigenvalue weighted by Gasteiger charge is 2.34. The number of rotatable bonds is 1. The molecule has 0 amide bonds. The fourth-order valence-electron chi connectivity index (χ4n) is 0.968. The van der Waals surface area contributed by atoms with Crippen LogP contribution in [0.4, 0.5) is 19.0 Å². The molecule has 1 aromatic heterocycles. The summed E-state index contributed by atoms with van der Waals surface area (Å²) in [6.45, 7) is 1.58. The standard InChI is InChI=1S/C8H10F3N3/c1-4(12)5-2-6(8(9,10)11)7(13)14-3-5/h2-4H,12H2,1H3,(H2,13,14). The van der Waals surface area contributed by atoms with Gasteiger partial charge >= 0.3 is 6.18 Å². The Labute approximate surface area is 78.9 Å². The van der Waals surface area contributed by atoms with Gasteiger partial charge in [0, 0.05) is 12.2 Å². The van der Waals surface area contributed by atoms with Gasteiger partial charge in [-0.3, -0.25) is 0 Å². The summed E-state index contributed by atoms with van der Waals surface area (Å²) >= 11 is 0. The van der Waals surface area contributed by atoms with Crippen LogP contribution in [0.2, 0.25) is 0 Å². The summed E-state index contributed by atoms with van der Waals surface area (Å²) in [5.41, 5.74) is 9.91. The molecule has 4 N–H and O–H groups in total. The van der Waals surface area contributed by atoms with Crippen molar-refractivity contribution in [3.05, 3.63) is 23.4 Å². The van der Waals surface area contributed by atoms with Crippen molar-refractivity contribution in [2.75, 3.05) is 5.73 Å². The van der Waals surface area contributed by atoms with Gasteiger partial charge in [0.15, 0.2) is 0 Å². The number of hydrogen-bond acceptors (Lipinski definition) is 3. The molecule has 78 valence electrons. The fourth-order valence-corrected chi connectivity index (χ4v) is 0.968. The maximum atomic E-state index is 12.3. The van der Waals surface area contributed by atoms with Crippen LogP contribution in [0.1, 0.15) is 24.1 Å². The van der Waals surface area contributed by atoms with Crippen LogP contribution in [0, 0.1) is 0 Å². The van der Waals surface area contributed by atoms with Crippen LogP contribution in [-0.4, -0.2) is 4.98 Å². The summed E-state index contributed by atoms with van der Waals surface area (Å²) in [6.07, 6.45) is -3.24. The quantitative estimate of drug-likeness (QED) is 0.733. The lowest BCUT2D eigenvalue weighted by Gasteiger charge is -2.12. The summed E-state index contributed by atoms with van der Waals surface area (Å²) in [5.74, 6) is -0.526. The molecule has 0 spiro atoms. The van der Waals surface area contributed by atoms with Gasteiger partial charge in [-0.2, -0.15) is 13.2 Å². The Hall–Kier alpha value is -1.30. The molecule has 0 radical (unpaired) electrons. The minimum Gasteiger partial charge on any atom is -0.383 e. The molecule has 1 aromatic rings. The van der Waals surface area contributed by atoms with E-state index >= 15 is 0 Å². The number of hydrogen-bond donors (Lipinski definition) is 2. The number of anilines is 1. The number of halogens is 3. The third-order valence-corrected chi connectivity index (χ3v) is 1.77. The SMILES string of the molecule is CC(N)c1cnc(N)c(C(F)(F)F)c1. The van der Waals surface area contributed by atoms with E-state index in [0.29, 0.717) is 5.56 Å². The topological polar surface area (TPSA) is 64.9 Å². The Morgan fingerprint density at radius 2 is 2.00 bits per heavy atom. The van der Waals surface area contributed by atoms with Gasteiger partial charge in [0.05, 0.1) is 5.56 Å². The van der Waals surface area contributed by atoms with E-state index in [9.17, 15) is 13.2 Å². The van der Waals surface area contributed by atoms with Crippen molar-refractivity contribution in [2.45, 2.75) is 19.1 Å². The Morgan fingerprint density at radius 3 is 2.43 bits per heavy atom. The third-order valence-electron chi connectivity index (χ3n) is 1.77. The van der Waals surface area contributed by atoms with E-state index in [1.807, 2.05) is 0 Å². The van der Waals surface area contributed by atoms with Gasteiger partial charge in [-0.1, -0.05) is 0 Å². The van der Waals surface area contributed by atoms with Crippen molar-refractivity contribution < 1.29 is 13.2 Å². The Morgan fingerprint density at radius 1 is 1.43 bits per heavy atom. The highest BCUT2D eigenvalue weighted by molar-refractivity contribution is 5.43. The number of nitrogens with two attached hydrogens (primary N) is 2. The maximum absolute atomic E-state index is 12.3. The molecule has 14 heavy (non-hydrogen) atoms. The average molecular weight is 205 g/mol. The van der Waals surface area contributed by atoms with Crippen LogP contribution >= 0.6 is 0 Å². The molecular formula is C8H10F3N3. The highest BCUT2D eigenvalue weighted by atomic mass is 19.4. The van der Waals surface area contributed by atoms with Gasteiger partial charge in [0.1, 0.15) is 5.82 Å². The third kappa shape index (κ3) is 2.14. The minimum atomic E-state index is -4.48. The van der Waals surface area contributed by atoms with Gasteiger partial charge in [-0.25, -0.2) is 4.98 Å². The lowest BCUT2D eigenvalue weighted by Crippen LogP contribution is -2.13. The first-order chi connectivity index (χ1) is 6.32. The summed E-state index contributed by atoms with van der Waals surface area (Å²) in [7, 11) is 0. The van der Waals surface area contributed by atoms with E-state index in [0.717, 1.165) is 6.07 Å². The fraction of sp³-hybridized carbons (Fsp3) is 0.375. The second-order valence-electron chi connectivity index (χ2n) is 2.99. The van der Waals surface area contributed by atoms with Crippen LogP contribution in [0.3, 0.4) is 0 Å². The second-order valence-corrected chi connectivity index (χ2v) is 2.99. The van der Waals surface area contributed by atoms with Crippen LogP contribution in [-0.2, 0) is 6.18 Å². The number of aromatic nitrogens is 1. The van der Waals surface area contributed by atoms with Crippen LogP contribution in [0.15, 0.2) is 12.3 Å². The van der Waals surface area contributed by atoms with Crippen molar-refractivity contribution >= 4 is 5.82 Å². The molecule has 0 fully saturated rings. The zero-order chi connectivity index (χ0) is 10.9. The lowest BCUT2D eigenvalue weighted by molar-refractivity contribution is -0.137. The molecule has 0 saturated heterocycles. The van der Waals surface area contributed by atoms with Gasteiger partial charge in [0.2, 0.25) is 0 Å². The molecule has 1 rings (SSSR count). The molecule has 0 bridgehead atoms. The summed E-state index contributed by atoms with van der Waals surface area (Å²) in [5, 5.41) is 0. The Balaban J connectivity index is 3.22. The van der Waals surface area contributed by atoms with Gasteiger partial charge in [0.25, 0.3) is 0 Å². The van der Waals surface area contributed by atoms with Crippen LogP contribution in [0.25, 0.3) is 0 Å². The molecule has 1 atom stereocenters. The number of alkyl halides is 3. The first kappa shape index (κ1) is 10.8. The average Bonchev–Trinajstić information content (AvgIpc) is 2.02. The zero-order valence-electron chi connectivity index (χ0n) is 7.47. The van der Waals surface area contributed by atoms with E-state index in [2.05, 4.69) is 4.98 Å². The lowest BCUT2D eigenvalue weighted by atomic mass is 10.1. The van der Waals surface area contributed by atoms with Crippen LogP contribution < -0.4 is 11.5 Å². The molecule has 0 aliphatic heterocycles. The smallest absolute Gasteiger partial charge is 0.383 e. The van der Waals surface area contributed by atoms with Gasteiger partial charge in [-0.05, 0) is 18.6 Å². The maximum Gasteiger partial charge on any atom is 0.419 e. The minimum absolute atomic E-state index is 0.312.